The standard InChI is InChI=1S/C6H12N2O3S/c1-3-4-7-5-6(9)8-12(2,10)11/h3,7H,1,4-5H2,2H3,(H,8,9). The maximum absolute atomic E-state index is 10.7. The SMILES string of the molecule is C=CCNCC(=O)NS(C)(=O)=O. The van der Waals surface area contributed by atoms with Crippen molar-refractivity contribution in [1.29, 1.82) is 0 Å². The van der Waals surface area contributed by atoms with Gasteiger partial charge >= 0.3 is 0 Å². The molecule has 0 aliphatic carbocycles. The third-order valence-electron chi connectivity index (χ3n) is 0.873. The summed E-state index contributed by atoms with van der Waals surface area (Å²) in [5.41, 5.74) is 0. The van der Waals surface area contributed by atoms with Crippen molar-refractivity contribution < 1.29 is 13.2 Å². The molecule has 0 unspecified atom stereocenters. The molecule has 0 aliphatic rings. The summed E-state index contributed by atoms with van der Waals surface area (Å²) in [5.74, 6) is -0.570. The number of rotatable bonds is 5. The largest absolute Gasteiger partial charge is 0.305 e. The summed E-state index contributed by atoms with van der Waals surface area (Å²) >= 11 is 0. The van der Waals surface area contributed by atoms with Crippen LogP contribution in [0.2, 0.25) is 0 Å². The van der Waals surface area contributed by atoms with Crippen LogP contribution in [0, 0.1) is 0 Å². The van der Waals surface area contributed by atoms with Gasteiger partial charge in [0.2, 0.25) is 15.9 Å². The monoisotopic (exact) mass is 192 g/mol. The summed E-state index contributed by atoms with van der Waals surface area (Å²) in [6.45, 7) is 3.86. The Balaban J connectivity index is 3.68. The first-order valence-corrected chi connectivity index (χ1v) is 5.17. The lowest BCUT2D eigenvalue weighted by Gasteiger charge is -2.01. The lowest BCUT2D eigenvalue weighted by atomic mass is 10.5. The molecule has 0 aromatic heterocycles. The van der Waals surface area contributed by atoms with E-state index in [1.165, 1.54) is 0 Å². The molecule has 2 N–H and O–H groups in total. The van der Waals surface area contributed by atoms with Crippen LogP contribution < -0.4 is 10.0 Å². The van der Waals surface area contributed by atoms with Crippen LogP contribution in [-0.2, 0) is 14.8 Å². The van der Waals surface area contributed by atoms with Gasteiger partial charge in [0, 0.05) is 6.54 Å². The molecule has 0 aromatic rings. The highest BCUT2D eigenvalue weighted by Crippen LogP contribution is 1.73. The molecule has 12 heavy (non-hydrogen) atoms. The minimum absolute atomic E-state index is 0.0287. The predicted molar refractivity (Wildman–Crippen MR) is 46.1 cm³/mol. The summed E-state index contributed by atoms with van der Waals surface area (Å²) in [7, 11) is -3.43. The Morgan fingerprint density at radius 1 is 1.58 bits per heavy atom. The zero-order valence-corrected chi connectivity index (χ0v) is 7.65. The van der Waals surface area contributed by atoms with Crippen LogP contribution in [0.3, 0.4) is 0 Å². The van der Waals surface area contributed by atoms with Crippen molar-refractivity contribution in [2.45, 2.75) is 0 Å². The minimum atomic E-state index is -3.43. The molecule has 0 radical (unpaired) electrons. The fourth-order valence-electron chi connectivity index (χ4n) is 0.531. The average molecular weight is 192 g/mol. The van der Waals surface area contributed by atoms with Gasteiger partial charge in [-0.15, -0.1) is 6.58 Å². The maximum atomic E-state index is 10.7. The summed E-state index contributed by atoms with van der Waals surface area (Å²) < 4.78 is 22.8. The van der Waals surface area contributed by atoms with Gasteiger partial charge in [0.1, 0.15) is 0 Å². The number of nitrogens with one attached hydrogen (secondary N) is 2. The molecule has 0 saturated heterocycles. The number of hydrogen-bond donors (Lipinski definition) is 2. The van der Waals surface area contributed by atoms with Gasteiger partial charge in [-0.25, -0.2) is 8.42 Å². The molecule has 0 saturated carbocycles. The second kappa shape index (κ2) is 4.89. The van der Waals surface area contributed by atoms with Crippen LogP contribution in [-0.4, -0.2) is 33.7 Å². The molecule has 5 nitrogen and oxygen atoms in total. The predicted octanol–water partition coefficient (Wildman–Crippen LogP) is -1.16. The molecule has 6 heteroatoms. The molecule has 0 aromatic carbocycles. The van der Waals surface area contributed by atoms with Gasteiger partial charge in [-0.1, -0.05) is 6.08 Å². The fraction of sp³-hybridized carbons (Fsp3) is 0.500. The second-order valence-electron chi connectivity index (χ2n) is 2.22. The topological polar surface area (TPSA) is 75.3 Å². The van der Waals surface area contributed by atoms with Crippen molar-refractivity contribution in [2.24, 2.45) is 0 Å². The van der Waals surface area contributed by atoms with Gasteiger partial charge in [-0.3, -0.25) is 9.52 Å². The summed E-state index contributed by atoms with van der Waals surface area (Å²) in [6.07, 6.45) is 2.51. The van der Waals surface area contributed by atoms with E-state index in [-0.39, 0.29) is 6.54 Å². The van der Waals surface area contributed by atoms with Crippen molar-refractivity contribution >= 4 is 15.9 Å². The van der Waals surface area contributed by atoms with E-state index in [0.29, 0.717) is 6.54 Å². The molecule has 0 spiro atoms. The highest BCUT2D eigenvalue weighted by atomic mass is 32.2. The quantitative estimate of drug-likeness (QED) is 0.425. The molecule has 0 fully saturated rings. The minimum Gasteiger partial charge on any atom is -0.305 e. The summed E-state index contributed by atoms with van der Waals surface area (Å²) in [5, 5.41) is 2.66. The van der Waals surface area contributed by atoms with Gasteiger partial charge in [0.15, 0.2) is 0 Å². The number of carbonyl (C=O) groups excluding carboxylic acids is 1. The lowest BCUT2D eigenvalue weighted by molar-refractivity contribution is -0.118. The molecule has 0 bridgehead atoms. The Kier molecular flexibility index (Phi) is 4.53. The molecule has 0 atom stereocenters. The Hall–Kier alpha value is -0.880. The fourth-order valence-corrected chi connectivity index (χ4v) is 1.02. The van der Waals surface area contributed by atoms with Gasteiger partial charge in [0.05, 0.1) is 12.8 Å². The van der Waals surface area contributed by atoms with Crippen molar-refractivity contribution in [1.82, 2.24) is 10.0 Å². The molecule has 70 valence electrons. The average Bonchev–Trinajstić information content (AvgIpc) is 1.84. The van der Waals surface area contributed by atoms with E-state index in [9.17, 15) is 13.2 Å². The smallest absolute Gasteiger partial charge is 0.247 e. The van der Waals surface area contributed by atoms with Crippen LogP contribution in [0.15, 0.2) is 12.7 Å². The Labute approximate surface area is 71.9 Å². The van der Waals surface area contributed by atoms with Gasteiger partial charge in [-0.2, -0.15) is 0 Å². The van der Waals surface area contributed by atoms with Crippen molar-refractivity contribution in [2.75, 3.05) is 19.3 Å². The molecule has 0 aliphatic heterocycles. The second-order valence-corrected chi connectivity index (χ2v) is 3.97. The van der Waals surface area contributed by atoms with E-state index in [0.717, 1.165) is 6.26 Å². The van der Waals surface area contributed by atoms with Crippen molar-refractivity contribution in [3.05, 3.63) is 12.7 Å². The van der Waals surface area contributed by atoms with Crippen molar-refractivity contribution in [3.8, 4) is 0 Å². The molecule has 0 heterocycles. The Bertz CT molecular complexity index is 258. The molecular weight excluding hydrogens is 180 g/mol. The first kappa shape index (κ1) is 11.1. The normalized spacial score (nSPS) is 10.8. The summed E-state index contributed by atoms with van der Waals surface area (Å²) in [4.78, 5) is 10.7. The van der Waals surface area contributed by atoms with Crippen LogP contribution >= 0.6 is 0 Å². The molecular formula is C6H12N2O3S. The van der Waals surface area contributed by atoms with Crippen LogP contribution in [0.1, 0.15) is 0 Å². The van der Waals surface area contributed by atoms with E-state index in [4.69, 9.17) is 0 Å². The van der Waals surface area contributed by atoms with Gasteiger partial charge in [-0.05, 0) is 0 Å². The van der Waals surface area contributed by atoms with E-state index in [1.54, 1.807) is 6.08 Å². The van der Waals surface area contributed by atoms with E-state index >= 15 is 0 Å². The van der Waals surface area contributed by atoms with E-state index < -0.39 is 15.9 Å². The first-order chi connectivity index (χ1) is 5.45. The Morgan fingerprint density at radius 2 is 2.17 bits per heavy atom. The molecule has 0 rings (SSSR count). The van der Waals surface area contributed by atoms with Gasteiger partial charge in [0.25, 0.3) is 0 Å². The summed E-state index contributed by atoms with van der Waals surface area (Å²) in [6, 6.07) is 0. The molecule has 1 amide bonds. The zero-order chi connectivity index (χ0) is 9.61. The number of sulfonamides is 1. The number of hydrogen-bond acceptors (Lipinski definition) is 4. The lowest BCUT2D eigenvalue weighted by Crippen LogP contribution is -2.37. The van der Waals surface area contributed by atoms with Crippen LogP contribution in [0.4, 0.5) is 0 Å². The third kappa shape index (κ3) is 7.23. The van der Waals surface area contributed by atoms with E-state index in [2.05, 4.69) is 11.9 Å². The van der Waals surface area contributed by atoms with Crippen LogP contribution in [0.5, 0.6) is 0 Å². The van der Waals surface area contributed by atoms with Crippen molar-refractivity contribution in [3.63, 3.8) is 0 Å². The zero-order valence-electron chi connectivity index (χ0n) is 6.83. The first-order valence-electron chi connectivity index (χ1n) is 3.28. The number of carbonyl (C=O) groups is 1. The number of amides is 1. The van der Waals surface area contributed by atoms with Crippen LogP contribution in [0.25, 0.3) is 0 Å². The Morgan fingerprint density at radius 3 is 2.58 bits per heavy atom. The van der Waals surface area contributed by atoms with Gasteiger partial charge < -0.3 is 5.32 Å². The highest BCUT2D eigenvalue weighted by Gasteiger charge is 2.06. The van der Waals surface area contributed by atoms with E-state index in [1.807, 2.05) is 4.72 Å². The maximum Gasteiger partial charge on any atom is 0.247 e. The third-order valence-corrected chi connectivity index (χ3v) is 1.47. The highest BCUT2D eigenvalue weighted by molar-refractivity contribution is 7.89.